The molecule has 0 bridgehead atoms. The second-order valence-corrected chi connectivity index (χ2v) is 7.08. The van der Waals surface area contributed by atoms with Crippen LogP contribution in [0.1, 0.15) is 46.5 Å². The molecule has 1 fully saturated rings. The van der Waals surface area contributed by atoms with Gasteiger partial charge in [0.1, 0.15) is 0 Å². The average molecular weight is 231 g/mol. The molecule has 1 saturated carbocycles. The summed E-state index contributed by atoms with van der Waals surface area (Å²) >= 11 is 0. The first-order valence-electron chi connectivity index (χ1n) is 6.13. The lowest BCUT2D eigenvalue weighted by Gasteiger charge is -2.31. The van der Waals surface area contributed by atoms with Crippen LogP contribution >= 0.6 is 0 Å². The predicted molar refractivity (Wildman–Crippen MR) is 67.2 cm³/mol. The highest BCUT2D eigenvalue weighted by atomic mass is 32.2. The fourth-order valence-electron chi connectivity index (χ4n) is 2.21. The summed E-state index contributed by atoms with van der Waals surface area (Å²) in [5, 5.41) is 0.440. The van der Waals surface area contributed by atoms with Gasteiger partial charge in [0.05, 0.1) is 0 Å². The van der Waals surface area contributed by atoms with Gasteiger partial charge in [0, 0.05) is 27.8 Å². The lowest BCUT2D eigenvalue weighted by molar-refractivity contribution is 0.281. The maximum absolute atomic E-state index is 12.0. The monoisotopic (exact) mass is 231 g/mol. The van der Waals surface area contributed by atoms with Crippen molar-refractivity contribution in [2.45, 2.75) is 57.7 Å². The van der Waals surface area contributed by atoms with Gasteiger partial charge >= 0.3 is 0 Å². The van der Waals surface area contributed by atoms with Crippen LogP contribution < -0.4 is 5.73 Å². The molecule has 1 rings (SSSR count). The lowest BCUT2D eigenvalue weighted by Crippen LogP contribution is -2.30. The normalized spacial score (nSPS) is 36.1. The van der Waals surface area contributed by atoms with Crippen molar-refractivity contribution >= 4 is 10.8 Å². The third kappa shape index (κ3) is 4.23. The first-order valence-corrected chi connectivity index (χ1v) is 7.51. The van der Waals surface area contributed by atoms with Crippen LogP contribution in [0.15, 0.2) is 0 Å². The Bertz CT molecular complexity index is 218. The van der Waals surface area contributed by atoms with Gasteiger partial charge < -0.3 is 5.73 Å². The van der Waals surface area contributed by atoms with Crippen molar-refractivity contribution in [3.63, 3.8) is 0 Å². The summed E-state index contributed by atoms with van der Waals surface area (Å²) in [6.07, 6.45) is 4.44. The van der Waals surface area contributed by atoms with Crippen LogP contribution in [0.5, 0.6) is 0 Å². The van der Waals surface area contributed by atoms with Crippen molar-refractivity contribution in [2.24, 2.45) is 17.6 Å². The summed E-state index contributed by atoms with van der Waals surface area (Å²) in [7, 11) is -0.643. The van der Waals surface area contributed by atoms with Crippen molar-refractivity contribution in [3.8, 4) is 0 Å². The third-order valence-electron chi connectivity index (χ3n) is 3.70. The van der Waals surface area contributed by atoms with Crippen LogP contribution in [0.2, 0.25) is 0 Å². The van der Waals surface area contributed by atoms with Gasteiger partial charge in [-0.25, -0.2) is 0 Å². The molecular formula is C12H25NOS. The molecule has 5 unspecified atom stereocenters. The molecule has 5 atom stereocenters. The minimum atomic E-state index is -0.643. The first-order chi connectivity index (χ1) is 7.00. The molecule has 0 amide bonds. The third-order valence-corrected chi connectivity index (χ3v) is 5.51. The zero-order valence-electron chi connectivity index (χ0n) is 10.2. The SMILES string of the molecule is CC(N)CCS(=O)C1CCC(C)C(C)C1. The molecule has 2 nitrogen and oxygen atoms in total. The van der Waals surface area contributed by atoms with Crippen LogP contribution in [0.25, 0.3) is 0 Å². The zero-order chi connectivity index (χ0) is 11.4. The largest absolute Gasteiger partial charge is 0.328 e. The van der Waals surface area contributed by atoms with Crippen LogP contribution in [-0.4, -0.2) is 21.3 Å². The minimum Gasteiger partial charge on any atom is -0.328 e. The molecule has 1 aliphatic rings. The van der Waals surface area contributed by atoms with Gasteiger partial charge in [0.15, 0.2) is 0 Å². The van der Waals surface area contributed by atoms with Crippen molar-refractivity contribution in [1.29, 1.82) is 0 Å². The highest BCUT2D eigenvalue weighted by Gasteiger charge is 2.27. The van der Waals surface area contributed by atoms with Crippen molar-refractivity contribution in [3.05, 3.63) is 0 Å². The Morgan fingerprint density at radius 1 is 1.33 bits per heavy atom. The molecule has 0 radical (unpaired) electrons. The zero-order valence-corrected chi connectivity index (χ0v) is 11.1. The number of nitrogens with two attached hydrogens (primary N) is 1. The molecule has 2 N–H and O–H groups in total. The van der Waals surface area contributed by atoms with E-state index in [1.807, 2.05) is 6.92 Å². The van der Waals surface area contributed by atoms with E-state index < -0.39 is 10.8 Å². The summed E-state index contributed by atoms with van der Waals surface area (Å²) in [5.74, 6) is 2.35. The Morgan fingerprint density at radius 3 is 2.53 bits per heavy atom. The first kappa shape index (κ1) is 13.2. The number of hydrogen-bond donors (Lipinski definition) is 1. The van der Waals surface area contributed by atoms with Crippen LogP contribution in [0, 0.1) is 11.8 Å². The summed E-state index contributed by atoms with van der Waals surface area (Å²) in [6.45, 7) is 6.59. The summed E-state index contributed by atoms with van der Waals surface area (Å²) in [5.41, 5.74) is 5.69. The molecule has 0 spiro atoms. The second-order valence-electron chi connectivity index (χ2n) is 5.24. The summed E-state index contributed by atoms with van der Waals surface area (Å²) in [6, 6.07) is 0.189. The molecule has 15 heavy (non-hydrogen) atoms. The fraction of sp³-hybridized carbons (Fsp3) is 1.00. The molecular weight excluding hydrogens is 206 g/mol. The van der Waals surface area contributed by atoms with Crippen LogP contribution in [0.4, 0.5) is 0 Å². The summed E-state index contributed by atoms with van der Waals surface area (Å²) in [4.78, 5) is 0. The highest BCUT2D eigenvalue weighted by Crippen LogP contribution is 2.32. The Balaban J connectivity index is 2.34. The molecule has 0 heterocycles. The van der Waals surface area contributed by atoms with Crippen molar-refractivity contribution in [2.75, 3.05) is 5.75 Å². The van der Waals surface area contributed by atoms with Gasteiger partial charge in [0.25, 0.3) is 0 Å². The standard InChI is InChI=1S/C12H25NOS/c1-9-4-5-12(8-10(9)2)15(14)7-6-11(3)13/h9-12H,4-8,13H2,1-3H3. The molecule has 0 aromatic rings. The van der Waals surface area contributed by atoms with Gasteiger partial charge in [0.2, 0.25) is 0 Å². The Morgan fingerprint density at radius 2 is 2.00 bits per heavy atom. The molecule has 3 heteroatoms. The maximum atomic E-state index is 12.0. The molecule has 0 aromatic heterocycles. The number of hydrogen-bond acceptors (Lipinski definition) is 2. The quantitative estimate of drug-likeness (QED) is 0.807. The molecule has 0 aromatic carbocycles. The Kier molecular flexibility index (Phi) is 5.27. The van der Waals surface area contributed by atoms with E-state index >= 15 is 0 Å². The van der Waals surface area contributed by atoms with Crippen molar-refractivity contribution in [1.82, 2.24) is 0 Å². The van der Waals surface area contributed by atoms with E-state index in [1.165, 1.54) is 6.42 Å². The van der Waals surface area contributed by atoms with Crippen LogP contribution in [-0.2, 0) is 10.8 Å². The minimum absolute atomic E-state index is 0.189. The van der Waals surface area contributed by atoms with Gasteiger partial charge in [-0.2, -0.15) is 0 Å². The van der Waals surface area contributed by atoms with Gasteiger partial charge in [-0.15, -0.1) is 0 Å². The van der Waals surface area contributed by atoms with E-state index in [2.05, 4.69) is 13.8 Å². The Labute approximate surface area is 96.5 Å². The Hall–Kier alpha value is 0.110. The predicted octanol–water partition coefficient (Wildman–Crippen LogP) is 2.30. The van der Waals surface area contributed by atoms with E-state index in [9.17, 15) is 4.21 Å². The second kappa shape index (κ2) is 6.00. The summed E-state index contributed by atoms with van der Waals surface area (Å²) < 4.78 is 12.0. The van der Waals surface area contributed by atoms with E-state index in [1.54, 1.807) is 0 Å². The molecule has 1 aliphatic carbocycles. The smallest absolute Gasteiger partial charge is 0.0350 e. The van der Waals surface area contributed by atoms with E-state index in [4.69, 9.17) is 5.73 Å². The van der Waals surface area contributed by atoms with E-state index in [-0.39, 0.29) is 6.04 Å². The van der Waals surface area contributed by atoms with Gasteiger partial charge in [-0.05, 0) is 44.4 Å². The van der Waals surface area contributed by atoms with Gasteiger partial charge in [-0.3, -0.25) is 4.21 Å². The number of rotatable bonds is 4. The van der Waals surface area contributed by atoms with Gasteiger partial charge in [-0.1, -0.05) is 13.8 Å². The van der Waals surface area contributed by atoms with E-state index in [0.717, 1.165) is 36.9 Å². The molecule has 90 valence electrons. The van der Waals surface area contributed by atoms with Crippen LogP contribution in [0.3, 0.4) is 0 Å². The molecule has 0 saturated heterocycles. The lowest BCUT2D eigenvalue weighted by atomic mass is 9.81. The molecule has 0 aliphatic heterocycles. The maximum Gasteiger partial charge on any atom is 0.0350 e. The highest BCUT2D eigenvalue weighted by molar-refractivity contribution is 7.85. The fourth-order valence-corrected chi connectivity index (χ4v) is 4.06. The van der Waals surface area contributed by atoms with E-state index in [0.29, 0.717) is 5.25 Å². The van der Waals surface area contributed by atoms with Crippen molar-refractivity contribution < 1.29 is 4.21 Å². The topological polar surface area (TPSA) is 43.1 Å². The average Bonchev–Trinajstić information content (AvgIpc) is 2.18.